The average molecular weight is 303 g/mol. The molecule has 0 radical (unpaired) electrons. The highest BCUT2D eigenvalue weighted by molar-refractivity contribution is 4.88. The predicted molar refractivity (Wildman–Crippen MR) is 83.3 cm³/mol. The van der Waals surface area contributed by atoms with E-state index in [1.54, 1.807) is 7.11 Å². The summed E-state index contributed by atoms with van der Waals surface area (Å²) in [5.41, 5.74) is 5.69. The molecule has 21 heavy (non-hydrogen) atoms. The molecular formula is C16H33NO4. The van der Waals surface area contributed by atoms with Crippen LogP contribution in [0.3, 0.4) is 0 Å². The van der Waals surface area contributed by atoms with E-state index in [1.165, 1.54) is 25.7 Å². The molecule has 0 aromatic rings. The molecule has 0 heterocycles. The largest absolute Gasteiger partial charge is 0.388 e. The van der Waals surface area contributed by atoms with Crippen molar-refractivity contribution in [1.29, 1.82) is 0 Å². The maximum absolute atomic E-state index is 9.89. The van der Waals surface area contributed by atoms with Crippen molar-refractivity contribution in [3.63, 3.8) is 0 Å². The van der Waals surface area contributed by atoms with Gasteiger partial charge in [-0.05, 0) is 31.6 Å². The zero-order valence-electron chi connectivity index (χ0n) is 13.7. The van der Waals surface area contributed by atoms with Gasteiger partial charge in [-0.3, -0.25) is 0 Å². The average Bonchev–Trinajstić information content (AvgIpc) is 2.51. The highest BCUT2D eigenvalue weighted by atomic mass is 16.5. The molecule has 1 rings (SSSR count). The number of aliphatic hydroxyl groups is 1. The predicted octanol–water partition coefficient (Wildman–Crippen LogP) is 1.71. The molecule has 0 spiro atoms. The number of aliphatic hydroxyl groups excluding tert-OH is 1. The van der Waals surface area contributed by atoms with Crippen molar-refractivity contribution >= 4 is 0 Å². The van der Waals surface area contributed by atoms with Crippen LogP contribution in [0.2, 0.25) is 0 Å². The minimum atomic E-state index is -0.598. The summed E-state index contributed by atoms with van der Waals surface area (Å²) in [5, 5.41) is 9.89. The summed E-state index contributed by atoms with van der Waals surface area (Å²) in [6.45, 7) is 4.38. The lowest BCUT2D eigenvalue weighted by Crippen LogP contribution is -2.45. The number of hydrogen-bond acceptors (Lipinski definition) is 5. The van der Waals surface area contributed by atoms with E-state index >= 15 is 0 Å². The van der Waals surface area contributed by atoms with Crippen molar-refractivity contribution in [3.05, 3.63) is 0 Å². The highest BCUT2D eigenvalue weighted by Crippen LogP contribution is 2.36. The standard InChI is InChI=1S/C16H33NO4/c1-3-4-14-5-7-16(13-17,8-6-14)21-12-15(18)11-20-10-9-19-2/h14-15,18H,3-13,17H2,1-2H3. The Bertz CT molecular complexity index is 255. The van der Waals surface area contributed by atoms with Gasteiger partial charge >= 0.3 is 0 Å². The molecule has 3 N–H and O–H groups in total. The SMILES string of the molecule is CCCC1CCC(CN)(OCC(O)COCCOC)CC1. The van der Waals surface area contributed by atoms with E-state index in [0.29, 0.717) is 26.4 Å². The van der Waals surface area contributed by atoms with Gasteiger partial charge in [0.05, 0.1) is 32.0 Å². The van der Waals surface area contributed by atoms with Gasteiger partial charge in [-0.2, -0.15) is 0 Å². The first-order valence-corrected chi connectivity index (χ1v) is 8.24. The van der Waals surface area contributed by atoms with Crippen LogP contribution in [0.4, 0.5) is 0 Å². The van der Waals surface area contributed by atoms with Crippen LogP contribution in [0.25, 0.3) is 0 Å². The number of rotatable bonds is 11. The molecule has 0 bridgehead atoms. The highest BCUT2D eigenvalue weighted by Gasteiger charge is 2.35. The van der Waals surface area contributed by atoms with Crippen LogP contribution in [0.15, 0.2) is 0 Å². The topological polar surface area (TPSA) is 73.9 Å². The Morgan fingerprint density at radius 2 is 1.95 bits per heavy atom. The van der Waals surface area contributed by atoms with Crippen molar-refractivity contribution in [2.75, 3.05) is 40.1 Å². The number of ether oxygens (including phenoxy) is 3. The Balaban J connectivity index is 2.24. The molecule has 1 atom stereocenters. The number of methoxy groups -OCH3 is 1. The summed E-state index contributed by atoms with van der Waals surface area (Å²) in [4.78, 5) is 0. The smallest absolute Gasteiger partial charge is 0.101 e. The van der Waals surface area contributed by atoms with Crippen molar-refractivity contribution in [2.24, 2.45) is 11.7 Å². The molecule has 126 valence electrons. The Labute approximate surface area is 129 Å². The van der Waals surface area contributed by atoms with Crippen LogP contribution in [0.1, 0.15) is 45.4 Å². The number of hydrogen-bond donors (Lipinski definition) is 2. The summed E-state index contributed by atoms with van der Waals surface area (Å²) < 4.78 is 16.2. The lowest BCUT2D eigenvalue weighted by molar-refractivity contribution is -0.112. The fourth-order valence-electron chi connectivity index (χ4n) is 2.99. The molecule has 0 aromatic carbocycles. The van der Waals surface area contributed by atoms with E-state index in [9.17, 15) is 5.11 Å². The van der Waals surface area contributed by atoms with Crippen molar-refractivity contribution in [2.45, 2.75) is 57.2 Å². The van der Waals surface area contributed by atoms with Gasteiger partial charge in [0, 0.05) is 13.7 Å². The van der Waals surface area contributed by atoms with Gasteiger partial charge in [0.2, 0.25) is 0 Å². The van der Waals surface area contributed by atoms with E-state index in [4.69, 9.17) is 19.9 Å². The van der Waals surface area contributed by atoms with E-state index < -0.39 is 6.10 Å². The second kappa shape index (κ2) is 10.5. The maximum Gasteiger partial charge on any atom is 0.101 e. The summed E-state index contributed by atoms with van der Waals surface area (Å²) in [5.74, 6) is 0.820. The van der Waals surface area contributed by atoms with Crippen molar-refractivity contribution < 1.29 is 19.3 Å². The van der Waals surface area contributed by atoms with Crippen molar-refractivity contribution in [1.82, 2.24) is 0 Å². The van der Waals surface area contributed by atoms with Crippen LogP contribution >= 0.6 is 0 Å². The van der Waals surface area contributed by atoms with Crippen LogP contribution in [-0.4, -0.2) is 56.9 Å². The zero-order chi connectivity index (χ0) is 15.6. The monoisotopic (exact) mass is 303 g/mol. The Morgan fingerprint density at radius 3 is 2.52 bits per heavy atom. The maximum atomic E-state index is 9.89. The second-order valence-electron chi connectivity index (χ2n) is 6.15. The van der Waals surface area contributed by atoms with Crippen LogP contribution < -0.4 is 5.73 Å². The van der Waals surface area contributed by atoms with Crippen LogP contribution in [0.5, 0.6) is 0 Å². The van der Waals surface area contributed by atoms with E-state index in [0.717, 1.165) is 18.8 Å². The summed E-state index contributed by atoms with van der Waals surface area (Å²) in [6, 6.07) is 0. The molecule has 5 heteroatoms. The lowest BCUT2D eigenvalue weighted by Gasteiger charge is -2.39. The van der Waals surface area contributed by atoms with Gasteiger partial charge in [0.15, 0.2) is 0 Å². The first-order chi connectivity index (χ1) is 10.2. The molecule has 1 fully saturated rings. The fourth-order valence-corrected chi connectivity index (χ4v) is 2.99. The molecule has 1 saturated carbocycles. The molecule has 1 aliphatic carbocycles. The van der Waals surface area contributed by atoms with Gasteiger partial charge in [0.1, 0.15) is 6.10 Å². The van der Waals surface area contributed by atoms with Crippen LogP contribution in [-0.2, 0) is 14.2 Å². The first-order valence-electron chi connectivity index (χ1n) is 8.24. The zero-order valence-corrected chi connectivity index (χ0v) is 13.7. The van der Waals surface area contributed by atoms with Gasteiger partial charge in [-0.1, -0.05) is 19.8 Å². The third-order valence-electron chi connectivity index (χ3n) is 4.41. The van der Waals surface area contributed by atoms with Crippen LogP contribution in [0, 0.1) is 5.92 Å². The minimum absolute atomic E-state index is 0.238. The van der Waals surface area contributed by atoms with Gasteiger partial charge in [0.25, 0.3) is 0 Å². The molecule has 0 aliphatic heterocycles. The molecular weight excluding hydrogens is 270 g/mol. The van der Waals surface area contributed by atoms with Gasteiger partial charge in [-0.15, -0.1) is 0 Å². The van der Waals surface area contributed by atoms with E-state index in [1.807, 2.05) is 0 Å². The Kier molecular flexibility index (Phi) is 9.44. The summed E-state index contributed by atoms with van der Waals surface area (Å²) >= 11 is 0. The Morgan fingerprint density at radius 1 is 1.24 bits per heavy atom. The van der Waals surface area contributed by atoms with Gasteiger partial charge in [-0.25, -0.2) is 0 Å². The molecule has 1 unspecified atom stereocenters. The molecule has 1 aliphatic rings. The fraction of sp³-hybridized carbons (Fsp3) is 1.00. The lowest BCUT2D eigenvalue weighted by atomic mass is 9.77. The van der Waals surface area contributed by atoms with Gasteiger partial charge < -0.3 is 25.1 Å². The summed E-state index contributed by atoms with van der Waals surface area (Å²) in [6.07, 6.45) is 6.34. The minimum Gasteiger partial charge on any atom is -0.388 e. The quantitative estimate of drug-likeness (QED) is 0.569. The molecule has 0 amide bonds. The van der Waals surface area contributed by atoms with E-state index in [2.05, 4.69) is 6.92 Å². The Hall–Kier alpha value is -0.200. The molecule has 5 nitrogen and oxygen atoms in total. The third-order valence-corrected chi connectivity index (χ3v) is 4.41. The van der Waals surface area contributed by atoms with E-state index in [-0.39, 0.29) is 12.2 Å². The third kappa shape index (κ3) is 7.06. The first kappa shape index (κ1) is 18.8. The second-order valence-corrected chi connectivity index (χ2v) is 6.15. The molecule has 0 aromatic heterocycles. The number of nitrogens with two attached hydrogens (primary N) is 1. The normalized spacial score (nSPS) is 27.7. The van der Waals surface area contributed by atoms with Crippen molar-refractivity contribution in [3.8, 4) is 0 Å². The summed E-state index contributed by atoms with van der Waals surface area (Å²) in [7, 11) is 1.63. The molecule has 0 saturated heterocycles.